The molecule has 0 aliphatic carbocycles. The topological polar surface area (TPSA) is 34.9 Å². The van der Waals surface area contributed by atoms with Gasteiger partial charge in [0.05, 0.1) is 11.1 Å². The van der Waals surface area contributed by atoms with Crippen LogP contribution in [-0.4, -0.2) is 9.78 Å². The van der Waals surface area contributed by atoms with Crippen LogP contribution in [0.3, 0.4) is 0 Å². The van der Waals surface area contributed by atoms with E-state index < -0.39 is 0 Å². The average Bonchev–Trinajstić information content (AvgIpc) is 2.87. The highest BCUT2D eigenvalue weighted by atomic mass is 32.1. The van der Waals surface area contributed by atoms with Gasteiger partial charge in [0.1, 0.15) is 0 Å². The summed E-state index contributed by atoms with van der Waals surface area (Å²) < 4.78 is 1.40. The predicted molar refractivity (Wildman–Crippen MR) is 70.3 cm³/mol. The average molecular weight is 242 g/mol. The van der Waals surface area contributed by atoms with E-state index in [1.807, 2.05) is 41.1 Å². The van der Waals surface area contributed by atoms with Crippen LogP contribution in [0.1, 0.15) is 0 Å². The highest BCUT2D eigenvalue weighted by molar-refractivity contribution is 7.08. The minimum Gasteiger partial charge on any atom is -0.267 e. The molecular weight excluding hydrogens is 232 g/mol. The summed E-state index contributed by atoms with van der Waals surface area (Å²) >= 11 is 1.63. The molecule has 0 radical (unpaired) electrons. The first kappa shape index (κ1) is 10.2. The minimum atomic E-state index is -0.0559. The van der Waals surface area contributed by atoms with E-state index in [0.717, 1.165) is 16.6 Å². The third-order valence-electron chi connectivity index (χ3n) is 2.75. The zero-order valence-corrected chi connectivity index (χ0v) is 10.1. The molecule has 17 heavy (non-hydrogen) atoms. The number of fused-ring (bicyclic) bond motifs is 1. The molecule has 2 heterocycles. The molecule has 0 spiro atoms. The molecule has 0 bridgehead atoms. The number of aryl methyl sites for hydroxylation is 1. The van der Waals surface area contributed by atoms with Crippen LogP contribution in [0.4, 0.5) is 0 Å². The Kier molecular flexibility index (Phi) is 2.30. The van der Waals surface area contributed by atoms with Crippen molar-refractivity contribution in [2.24, 2.45) is 7.05 Å². The summed E-state index contributed by atoms with van der Waals surface area (Å²) in [6.07, 6.45) is 0. The first-order chi connectivity index (χ1) is 8.27. The molecule has 0 N–H and O–H groups in total. The second-order valence-electron chi connectivity index (χ2n) is 3.83. The van der Waals surface area contributed by atoms with E-state index in [0.29, 0.717) is 5.39 Å². The Morgan fingerprint density at radius 3 is 2.65 bits per heavy atom. The van der Waals surface area contributed by atoms with Gasteiger partial charge in [-0.15, -0.1) is 0 Å². The van der Waals surface area contributed by atoms with Crippen molar-refractivity contribution in [3.05, 3.63) is 51.4 Å². The minimum absolute atomic E-state index is 0.0559. The maximum Gasteiger partial charge on any atom is 0.274 e. The van der Waals surface area contributed by atoms with E-state index >= 15 is 0 Å². The molecule has 3 aromatic rings. The molecular formula is C13H10N2OS. The van der Waals surface area contributed by atoms with Crippen LogP contribution in [-0.2, 0) is 7.05 Å². The Hall–Kier alpha value is -1.94. The van der Waals surface area contributed by atoms with E-state index in [2.05, 4.69) is 5.10 Å². The van der Waals surface area contributed by atoms with Gasteiger partial charge in [0.15, 0.2) is 0 Å². The summed E-state index contributed by atoms with van der Waals surface area (Å²) in [4.78, 5) is 12.0. The maximum atomic E-state index is 12.0. The fraction of sp³-hybridized carbons (Fsp3) is 0.0769. The maximum absolute atomic E-state index is 12.0. The number of thiophene rings is 1. The Labute approximate surface area is 102 Å². The van der Waals surface area contributed by atoms with Gasteiger partial charge in [-0.1, -0.05) is 18.2 Å². The van der Waals surface area contributed by atoms with E-state index in [-0.39, 0.29) is 5.56 Å². The highest BCUT2D eigenvalue weighted by Gasteiger charge is 2.09. The molecule has 3 rings (SSSR count). The predicted octanol–water partition coefficient (Wildman–Crippen LogP) is 2.66. The number of aromatic nitrogens is 2. The molecule has 0 unspecified atom stereocenters. The van der Waals surface area contributed by atoms with Gasteiger partial charge in [-0.3, -0.25) is 4.79 Å². The van der Waals surface area contributed by atoms with Crippen LogP contribution in [0.5, 0.6) is 0 Å². The molecule has 4 heteroatoms. The van der Waals surface area contributed by atoms with Crippen molar-refractivity contribution in [3.63, 3.8) is 0 Å². The van der Waals surface area contributed by atoms with Crippen molar-refractivity contribution in [2.75, 3.05) is 0 Å². The van der Waals surface area contributed by atoms with Crippen LogP contribution in [0, 0.1) is 0 Å². The summed E-state index contributed by atoms with van der Waals surface area (Å²) in [6.45, 7) is 0. The van der Waals surface area contributed by atoms with Crippen LogP contribution in [0.25, 0.3) is 22.0 Å². The van der Waals surface area contributed by atoms with Crippen LogP contribution in [0.15, 0.2) is 45.9 Å². The molecule has 0 atom stereocenters. The summed E-state index contributed by atoms with van der Waals surface area (Å²) in [5.41, 5.74) is 1.87. The van der Waals surface area contributed by atoms with Crippen molar-refractivity contribution >= 4 is 22.1 Å². The fourth-order valence-electron chi connectivity index (χ4n) is 1.91. The summed E-state index contributed by atoms with van der Waals surface area (Å²) in [5.74, 6) is 0. The molecule has 2 aromatic heterocycles. The lowest BCUT2D eigenvalue weighted by Gasteiger charge is -2.06. The quantitative estimate of drug-likeness (QED) is 0.657. The summed E-state index contributed by atoms with van der Waals surface area (Å²) in [5, 5.41) is 10.0. The zero-order chi connectivity index (χ0) is 11.8. The molecule has 0 aliphatic rings. The molecule has 0 amide bonds. The van der Waals surface area contributed by atoms with E-state index in [4.69, 9.17) is 0 Å². The van der Waals surface area contributed by atoms with Crippen LogP contribution in [0.2, 0.25) is 0 Å². The molecule has 84 valence electrons. The van der Waals surface area contributed by atoms with E-state index in [1.54, 1.807) is 18.4 Å². The summed E-state index contributed by atoms with van der Waals surface area (Å²) in [7, 11) is 1.69. The van der Waals surface area contributed by atoms with E-state index in [1.165, 1.54) is 4.68 Å². The number of benzene rings is 1. The van der Waals surface area contributed by atoms with Crippen LogP contribution < -0.4 is 5.56 Å². The SMILES string of the molecule is Cn1nc(-c2ccsc2)c2ccccc2c1=O. The van der Waals surface area contributed by atoms with Gasteiger partial charge in [0.25, 0.3) is 5.56 Å². The lowest BCUT2D eigenvalue weighted by molar-refractivity contribution is 0.723. The van der Waals surface area contributed by atoms with Gasteiger partial charge < -0.3 is 0 Å². The summed E-state index contributed by atoms with van der Waals surface area (Å²) in [6, 6.07) is 9.61. The van der Waals surface area contributed by atoms with Gasteiger partial charge in [0.2, 0.25) is 0 Å². The Morgan fingerprint density at radius 2 is 1.94 bits per heavy atom. The lowest BCUT2D eigenvalue weighted by atomic mass is 10.1. The van der Waals surface area contributed by atoms with Gasteiger partial charge in [0, 0.05) is 23.4 Å². The second-order valence-corrected chi connectivity index (χ2v) is 4.62. The number of rotatable bonds is 1. The monoisotopic (exact) mass is 242 g/mol. The molecule has 0 aliphatic heterocycles. The van der Waals surface area contributed by atoms with E-state index in [9.17, 15) is 4.79 Å². The molecule has 3 nitrogen and oxygen atoms in total. The first-order valence-electron chi connectivity index (χ1n) is 5.26. The normalized spacial score (nSPS) is 10.9. The molecule has 1 aromatic carbocycles. The Bertz CT molecular complexity index is 729. The Balaban J connectivity index is 2.48. The standard InChI is InChI=1S/C13H10N2OS/c1-15-13(16)11-5-3-2-4-10(11)12(14-15)9-6-7-17-8-9/h2-8H,1H3. The second kappa shape index (κ2) is 3.82. The number of hydrogen-bond acceptors (Lipinski definition) is 3. The molecule has 0 saturated carbocycles. The third-order valence-corrected chi connectivity index (χ3v) is 3.43. The van der Waals surface area contributed by atoms with Crippen molar-refractivity contribution in [3.8, 4) is 11.3 Å². The van der Waals surface area contributed by atoms with Crippen molar-refractivity contribution < 1.29 is 0 Å². The van der Waals surface area contributed by atoms with Crippen molar-refractivity contribution in [1.82, 2.24) is 9.78 Å². The zero-order valence-electron chi connectivity index (χ0n) is 9.25. The highest BCUT2D eigenvalue weighted by Crippen LogP contribution is 2.25. The van der Waals surface area contributed by atoms with Gasteiger partial charge >= 0.3 is 0 Å². The number of nitrogens with zero attached hydrogens (tertiary/aromatic N) is 2. The van der Waals surface area contributed by atoms with Crippen molar-refractivity contribution in [1.29, 1.82) is 0 Å². The number of hydrogen-bond donors (Lipinski definition) is 0. The third kappa shape index (κ3) is 1.57. The lowest BCUT2D eigenvalue weighted by Crippen LogP contribution is -2.20. The smallest absolute Gasteiger partial charge is 0.267 e. The van der Waals surface area contributed by atoms with Gasteiger partial charge in [-0.05, 0) is 17.5 Å². The van der Waals surface area contributed by atoms with Gasteiger partial charge in [-0.25, -0.2) is 4.68 Å². The fourth-order valence-corrected chi connectivity index (χ4v) is 2.55. The van der Waals surface area contributed by atoms with Crippen molar-refractivity contribution in [2.45, 2.75) is 0 Å². The Morgan fingerprint density at radius 1 is 1.18 bits per heavy atom. The molecule has 0 saturated heterocycles. The van der Waals surface area contributed by atoms with Gasteiger partial charge in [-0.2, -0.15) is 16.4 Å². The largest absolute Gasteiger partial charge is 0.274 e. The first-order valence-corrected chi connectivity index (χ1v) is 6.20. The molecule has 0 fully saturated rings. The van der Waals surface area contributed by atoms with Crippen LogP contribution >= 0.6 is 11.3 Å².